The van der Waals surface area contributed by atoms with E-state index in [1.165, 1.54) is 11.3 Å². The van der Waals surface area contributed by atoms with Gasteiger partial charge < -0.3 is 16.7 Å². The second-order valence-electron chi connectivity index (χ2n) is 1.39. The summed E-state index contributed by atoms with van der Waals surface area (Å²) in [4.78, 5) is 0.838. The molecule has 0 saturated carbocycles. The van der Waals surface area contributed by atoms with Crippen molar-refractivity contribution >= 4 is 29.6 Å². The monoisotopic (exact) mass is 198 g/mol. The second-order valence-corrected chi connectivity index (χ2v) is 2.34. The molecule has 1 aromatic rings. The van der Waals surface area contributed by atoms with E-state index in [4.69, 9.17) is 11.1 Å². The molecule has 0 aliphatic heterocycles. The van der Waals surface area contributed by atoms with Gasteiger partial charge in [-0.05, 0) is 11.4 Å². The van der Waals surface area contributed by atoms with Gasteiger partial charge in [0, 0.05) is 0 Å². The van der Waals surface area contributed by atoms with E-state index in [0.29, 0.717) is 0 Å². The summed E-state index contributed by atoms with van der Waals surface area (Å²) >= 11 is 1.48. The lowest BCUT2D eigenvalue weighted by Gasteiger charge is -1.84. The standard InChI is InChI=1S/C5H6N2S.ClH.2H2O/c6-5(7)4-2-1-3-8-4;;;/h1-3H,(H3,6,7);1H;2*1H2. The highest BCUT2D eigenvalue weighted by molar-refractivity contribution is 7.12. The first-order chi connectivity index (χ1) is 3.80. The molecule has 0 unspecified atom stereocenters. The van der Waals surface area contributed by atoms with Crippen LogP contribution in [0, 0.1) is 5.41 Å². The highest BCUT2D eigenvalue weighted by Gasteiger charge is 1.92. The van der Waals surface area contributed by atoms with Crippen LogP contribution in [-0.2, 0) is 0 Å². The van der Waals surface area contributed by atoms with Crippen LogP contribution in [0.1, 0.15) is 4.88 Å². The summed E-state index contributed by atoms with van der Waals surface area (Å²) in [6.45, 7) is 0. The average Bonchev–Trinajstić information content (AvgIpc) is 2.12. The molecule has 0 bridgehead atoms. The molecule has 11 heavy (non-hydrogen) atoms. The molecule has 66 valence electrons. The van der Waals surface area contributed by atoms with Gasteiger partial charge in [-0.2, -0.15) is 0 Å². The van der Waals surface area contributed by atoms with Crippen LogP contribution in [0.5, 0.6) is 0 Å². The average molecular weight is 199 g/mol. The smallest absolute Gasteiger partial charge is 0.133 e. The van der Waals surface area contributed by atoms with Crippen LogP contribution in [0.2, 0.25) is 0 Å². The Kier molecular flexibility index (Phi) is 11.4. The van der Waals surface area contributed by atoms with Gasteiger partial charge in [-0.1, -0.05) is 6.07 Å². The summed E-state index contributed by atoms with van der Waals surface area (Å²) in [5, 5.41) is 8.84. The Morgan fingerprint density at radius 3 is 2.18 bits per heavy atom. The molecule has 6 heteroatoms. The fourth-order valence-corrected chi connectivity index (χ4v) is 1.02. The molecule has 0 aromatic carbocycles. The van der Waals surface area contributed by atoms with Crippen molar-refractivity contribution in [1.29, 1.82) is 5.41 Å². The van der Waals surface area contributed by atoms with Gasteiger partial charge >= 0.3 is 0 Å². The number of amidine groups is 1. The Morgan fingerprint density at radius 1 is 1.45 bits per heavy atom. The van der Waals surface area contributed by atoms with Gasteiger partial charge in [0.25, 0.3) is 0 Å². The van der Waals surface area contributed by atoms with Gasteiger partial charge in [-0.25, -0.2) is 0 Å². The number of hydrogen-bond donors (Lipinski definition) is 2. The van der Waals surface area contributed by atoms with Crippen LogP contribution in [0.4, 0.5) is 0 Å². The zero-order valence-electron chi connectivity index (χ0n) is 5.63. The zero-order chi connectivity index (χ0) is 5.98. The first-order valence-corrected chi connectivity index (χ1v) is 3.06. The van der Waals surface area contributed by atoms with Crippen LogP contribution < -0.4 is 5.73 Å². The van der Waals surface area contributed by atoms with Gasteiger partial charge in [0.1, 0.15) is 5.84 Å². The summed E-state index contributed by atoms with van der Waals surface area (Å²) < 4.78 is 0. The van der Waals surface area contributed by atoms with E-state index < -0.39 is 0 Å². The Morgan fingerprint density at radius 2 is 2.00 bits per heavy atom. The fourth-order valence-electron chi connectivity index (χ4n) is 0.432. The third-order valence-electron chi connectivity index (χ3n) is 0.787. The van der Waals surface area contributed by atoms with Crippen molar-refractivity contribution in [2.24, 2.45) is 5.73 Å². The molecule has 4 nitrogen and oxygen atoms in total. The molecule has 0 fully saturated rings. The first-order valence-electron chi connectivity index (χ1n) is 2.18. The lowest BCUT2D eigenvalue weighted by atomic mass is 10.4. The summed E-state index contributed by atoms with van der Waals surface area (Å²) in [5.41, 5.74) is 5.15. The normalized spacial score (nSPS) is 6.55. The van der Waals surface area contributed by atoms with Crippen molar-refractivity contribution in [3.05, 3.63) is 22.4 Å². The minimum Gasteiger partial charge on any atom is -0.412 e. The molecule has 1 rings (SSSR count). The van der Waals surface area contributed by atoms with E-state index in [2.05, 4.69) is 0 Å². The molecule has 0 amide bonds. The van der Waals surface area contributed by atoms with Crippen molar-refractivity contribution in [2.75, 3.05) is 0 Å². The molecular weight excluding hydrogens is 188 g/mol. The summed E-state index contributed by atoms with van der Waals surface area (Å²) in [5.74, 6) is 0.153. The topological polar surface area (TPSA) is 113 Å². The minimum atomic E-state index is 0. The van der Waals surface area contributed by atoms with Gasteiger partial charge in [0.15, 0.2) is 0 Å². The largest absolute Gasteiger partial charge is 0.412 e. The third kappa shape index (κ3) is 4.74. The quantitative estimate of drug-likeness (QED) is 0.473. The van der Waals surface area contributed by atoms with E-state index in [1.807, 2.05) is 17.5 Å². The maximum absolute atomic E-state index is 6.94. The lowest BCUT2D eigenvalue weighted by Crippen LogP contribution is -2.08. The van der Waals surface area contributed by atoms with Crippen LogP contribution in [0.25, 0.3) is 0 Å². The first kappa shape index (κ1) is 16.8. The van der Waals surface area contributed by atoms with Crippen molar-refractivity contribution < 1.29 is 11.0 Å². The van der Waals surface area contributed by atoms with Crippen molar-refractivity contribution in [1.82, 2.24) is 0 Å². The number of thiophene rings is 1. The number of rotatable bonds is 1. The Balaban J connectivity index is -0.000000213. The Hall–Kier alpha value is -0.620. The predicted molar refractivity (Wildman–Crippen MR) is 49.8 cm³/mol. The zero-order valence-corrected chi connectivity index (χ0v) is 7.26. The summed E-state index contributed by atoms with van der Waals surface area (Å²) in [7, 11) is 0. The fraction of sp³-hybridized carbons (Fsp3) is 0. The van der Waals surface area contributed by atoms with Crippen LogP contribution >= 0.6 is 23.7 Å². The Labute approximate surface area is 74.6 Å². The van der Waals surface area contributed by atoms with Crippen molar-refractivity contribution in [3.8, 4) is 0 Å². The number of halogens is 1. The van der Waals surface area contributed by atoms with Crippen LogP contribution in [-0.4, -0.2) is 16.8 Å². The van der Waals surface area contributed by atoms with Crippen molar-refractivity contribution in [3.63, 3.8) is 0 Å². The lowest BCUT2D eigenvalue weighted by molar-refractivity contribution is 0.823. The predicted octanol–water partition coefficient (Wildman–Crippen LogP) is -0.195. The molecular formula is C5H11ClN2O2S. The van der Waals surface area contributed by atoms with E-state index in [1.54, 1.807) is 0 Å². The third-order valence-corrected chi connectivity index (χ3v) is 1.69. The summed E-state index contributed by atoms with van der Waals surface area (Å²) in [6, 6.07) is 3.70. The van der Waals surface area contributed by atoms with E-state index in [-0.39, 0.29) is 29.2 Å². The molecule has 0 aliphatic carbocycles. The number of nitrogen functional groups attached to an aromatic ring is 1. The number of hydrogen-bond acceptors (Lipinski definition) is 2. The number of nitrogens with two attached hydrogens (primary N) is 1. The van der Waals surface area contributed by atoms with Crippen LogP contribution in [0.15, 0.2) is 17.5 Å². The molecule has 1 heterocycles. The Bertz CT molecular complexity index is 190. The molecule has 7 N–H and O–H groups in total. The van der Waals surface area contributed by atoms with Gasteiger partial charge in [-0.15, -0.1) is 23.7 Å². The van der Waals surface area contributed by atoms with E-state index in [0.717, 1.165) is 4.88 Å². The molecule has 0 spiro atoms. The van der Waals surface area contributed by atoms with Gasteiger partial charge in [0.05, 0.1) is 4.88 Å². The second kappa shape index (κ2) is 7.49. The van der Waals surface area contributed by atoms with Crippen molar-refractivity contribution in [2.45, 2.75) is 0 Å². The molecule has 0 aliphatic rings. The van der Waals surface area contributed by atoms with Gasteiger partial charge in [0.2, 0.25) is 0 Å². The molecule has 0 saturated heterocycles. The van der Waals surface area contributed by atoms with E-state index in [9.17, 15) is 0 Å². The minimum absolute atomic E-state index is 0. The van der Waals surface area contributed by atoms with Crippen LogP contribution in [0.3, 0.4) is 0 Å². The highest BCUT2D eigenvalue weighted by atomic mass is 35.5. The molecule has 0 atom stereocenters. The maximum Gasteiger partial charge on any atom is 0.133 e. The SMILES string of the molecule is Cl.N=C(N)c1cccs1.O.O. The van der Waals surface area contributed by atoms with Gasteiger partial charge in [-0.3, -0.25) is 5.41 Å². The van der Waals surface area contributed by atoms with E-state index >= 15 is 0 Å². The highest BCUT2D eigenvalue weighted by Crippen LogP contribution is 2.05. The summed E-state index contributed by atoms with van der Waals surface area (Å²) in [6.07, 6.45) is 0. The molecule has 0 radical (unpaired) electrons. The number of nitrogens with one attached hydrogen (secondary N) is 1. The maximum atomic E-state index is 6.94. The molecule has 1 aromatic heterocycles.